The lowest BCUT2D eigenvalue weighted by molar-refractivity contribution is 0.0932. The highest BCUT2D eigenvalue weighted by atomic mass is 32.2. The van der Waals surface area contributed by atoms with Gasteiger partial charge in [-0.1, -0.05) is 24.1 Å². The second-order valence-electron chi connectivity index (χ2n) is 8.10. The zero-order valence-electron chi connectivity index (χ0n) is 16.9. The van der Waals surface area contributed by atoms with Crippen LogP contribution in [0.1, 0.15) is 54.6 Å². The van der Waals surface area contributed by atoms with Gasteiger partial charge in [0.25, 0.3) is 5.91 Å². The molecule has 30 heavy (non-hydrogen) atoms. The summed E-state index contributed by atoms with van der Waals surface area (Å²) in [5.74, 6) is -0.791. The highest BCUT2D eigenvalue weighted by Crippen LogP contribution is 2.28. The fourth-order valence-electron chi connectivity index (χ4n) is 4.21. The maximum atomic E-state index is 13.9. The van der Waals surface area contributed by atoms with Crippen molar-refractivity contribution in [3.05, 3.63) is 41.5 Å². The Bertz CT molecular complexity index is 1030. The van der Waals surface area contributed by atoms with E-state index in [-0.39, 0.29) is 35.1 Å². The fourth-order valence-corrected chi connectivity index (χ4v) is 5.91. The standard InChI is InChI=1S/C20H26FN5O3S/c1-14-8-9-17(11-18(14)21)30(28,29)26-10-4-7-16(26)12-25-13-19(23-24-25)20(27)22-15-5-2-3-6-15/h8-9,11,13,15-16H,2-7,10,12H2,1H3,(H,22,27)/t16-/m0/s1. The van der Waals surface area contributed by atoms with E-state index in [2.05, 4.69) is 15.6 Å². The third kappa shape index (κ3) is 4.24. The molecule has 0 bridgehead atoms. The summed E-state index contributed by atoms with van der Waals surface area (Å²) >= 11 is 0. The minimum absolute atomic E-state index is 0.0484. The molecular weight excluding hydrogens is 409 g/mol. The molecule has 1 amide bonds. The van der Waals surface area contributed by atoms with E-state index < -0.39 is 15.8 Å². The molecular formula is C20H26FN5O3S. The first-order valence-corrected chi connectivity index (χ1v) is 11.8. The van der Waals surface area contributed by atoms with Gasteiger partial charge in [-0.25, -0.2) is 12.8 Å². The zero-order chi connectivity index (χ0) is 21.3. The van der Waals surface area contributed by atoms with Crippen LogP contribution in [0.3, 0.4) is 0 Å². The maximum absolute atomic E-state index is 13.9. The summed E-state index contributed by atoms with van der Waals surface area (Å²) in [6, 6.07) is 3.84. The zero-order valence-corrected chi connectivity index (χ0v) is 17.7. The highest BCUT2D eigenvalue weighted by Gasteiger charge is 2.36. The van der Waals surface area contributed by atoms with Crippen molar-refractivity contribution in [2.75, 3.05) is 6.54 Å². The number of aryl methyl sites for hydroxylation is 1. The Morgan fingerprint density at radius 3 is 2.73 bits per heavy atom. The third-order valence-corrected chi connectivity index (χ3v) is 7.88. The molecule has 1 atom stereocenters. The van der Waals surface area contributed by atoms with Gasteiger partial charge in [0.2, 0.25) is 10.0 Å². The van der Waals surface area contributed by atoms with Crippen LogP contribution in [0, 0.1) is 12.7 Å². The molecule has 1 aromatic carbocycles. The van der Waals surface area contributed by atoms with Gasteiger partial charge in [0, 0.05) is 18.6 Å². The molecule has 1 saturated heterocycles. The number of benzene rings is 1. The Hall–Kier alpha value is -2.33. The number of nitrogens with zero attached hydrogens (tertiary/aromatic N) is 4. The number of hydrogen-bond donors (Lipinski definition) is 1. The number of rotatable bonds is 6. The van der Waals surface area contributed by atoms with E-state index in [0.29, 0.717) is 24.9 Å². The van der Waals surface area contributed by atoms with E-state index >= 15 is 0 Å². The van der Waals surface area contributed by atoms with Crippen LogP contribution in [0.25, 0.3) is 0 Å². The summed E-state index contributed by atoms with van der Waals surface area (Å²) < 4.78 is 42.9. The number of nitrogens with one attached hydrogen (secondary N) is 1. The molecule has 1 aromatic heterocycles. The van der Waals surface area contributed by atoms with Crippen molar-refractivity contribution in [1.29, 1.82) is 0 Å². The molecule has 2 heterocycles. The molecule has 1 aliphatic carbocycles. The molecule has 1 aliphatic heterocycles. The van der Waals surface area contributed by atoms with Gasteiger partial charge in [-0.05, 0) is 50.3 Å². The van der Waals surface area contributed by atoms with Crippen molar-refractivity contribution in [2.45, 2.75) is 69.0 Å². The summed E-state index contributed by atoms with van der Waals surface area (Å²) in [5, 5.41) is 10.9. The van der Waals surface area contributed by atoms with Crippen LogP contribution < -0.4 is 5.32 Å². The van der Waals surface area contributed by atoms with Gasteiger partial charge in [-0.3, -0.25) is 9.48 Å². The molecule has 0 unspecified atom stereocenters. The first-order valence-electron chi connectivity index (χ1n) is 10.3. The Kier molecular flexibility index (Phi) is 5.88. The van der Waals surface area contributed by atoms with Gasteiger partial charge < -0.3 is 5.32 Å². The van der Waals surface area contributed by atoms with Crippen molar-refractivity contribution in [3.8, 4) is 0 Å². The van der Waals surface area contributed by atoms with Crippen molar-refractivity contribution in [3.63, 3.8) is 0 Å². The molecule has 4 rings (SSSR count). The molecule has 1 saturated carbocycles. The molecule has 8 nitrogen and oxygen atoms in total. The van der Waals surface area contributed by atoms with Crippen LogP contribution in [0.15, 0.2) is 29.3 Å². The van der Waals surface area contributed by atoms with Gasteiger partial charge in [0.05, 0.1) is 17.6 Å². The Balaban J connectivity index is 1.46. The fraction of sp³-hybridized carbons (Fsp3) is 0.550. The number of amides is 1. The van der Waals surface area contributed by atoms with Crippen molar-refractivity contribution in [1.82, 2.24) is 24.6 Å². The van der Waals surface area contributed by atoms with Crippen molar-refractivity contribution < 1.29 is 17.6 Å². The largest absolute Gasteiger partial charge is 0.348 e. The van der Waals surface area contributed by atoms with Crippen LogP contribution in [0.4, 0.5) is 4.39 Å². The van der Waals surface area contributed by atoms with E-state index in [9.17, 15) is 17.6 Å². The number of aromatic nitrogens is 3. The smallest absolute Gasteiger partial charge is 0.273 e. The monoisotopic (exact) mass is 435 g/mol. The van der Waals surface area contributed by atoms with Crippen LogP contribution >= 0.6 is 0 Å². The van der Waals surface area contributed by atoms with Gasteiger partial charge in [0.15, 0.2) is 5.69 Å². The van der Waals surface area contributed by atoms with E-state index in [1.165, 1.54) is 21.1 Å². The third-order valence-electron chi connectivity index (χ3n) is 5.93. The lowest BCUT2D eigenvalue weighted by atomic mass is 10.2. The van der Waals surface area contributed by atoms with Crippen LogP contribution in [-0.4, -0.2) is 52.3 Å². The van der Waals surface area contributed by atoms with E-state index in [1.54, 1.807) is 13.1 Å². The molecule has 10 heteroatoms. The predicted molar refractivity (Wildman–Crippen MR) is 108 cm³/mol. The van der Waals surface area contributed by atoms with E-state index in [4.69, 9.17) is 0 Å². The van der Waals surface area contributed by atoms with Gasteiger partial charge in [-0.2, -0.15) is 4.31 Å². The summed E-state index contributed by atoms with van der Waals surface area (Å²) in [4.78, 5) is 12.3. The van der Waals surface area contributed by atoms with Crippen LogP contribution in [0.2, 0.25) is 0 Å². The summed E-state index contributed by atoms with van der Waals surface area (Å²) in [6.45, 7) is 2.25. The second-order valence-corrected chi connectivity index (χ2v) is 9.99. The minimum Gasteiger partial charge on any atom is -0.348 e. The van der Waals surface area contributed by atoms with Gasteiger partial charge in [-0.15, -0.1) is 5.10 Å². The molecule has 0 spiro atoms. The number of hydrogen-bond acceptors (Lipinski definition) is 5. The van der Waals surface area contributed by atoms with E-state index in [1.807, 2.05) is 0 Å². The SMILES string of the molecule is Cc1ccc(S(=O)(=O)N2CCC[C@H]2Cn2cc(C(=O)NC3CCCC3)nn2)cc1F. The number of sulfonamides is 1. The van der Waals surface area contributed by atoms with Crippen LogP contribution in [0.5, 0.6) is 0 Å². The second kappa shape index (κ2) is 8.43. The Morgan fingerprint density at radius 2 is 2.00 bits per heavy atom. The molecule has 162 valence electrons. The number of carbonyl (C=O) groups excluding carboxylic acids is 1. The Morgan fingerprint density at radius 1 is 1.23 bits per heavy atom. The molecule has 2 aliphatic rings. The summed E-state index contributed by atoms with van der Waals surface area (Å²) in [6.07, 6.45) is 7.13. The topological polar surface area (TPSA) is 97.2 Å². The van der Waals surface area contributed by atoms with Gasteiger partial charge >= 0.3 is 0 Å². The Labute approximate surface area is 175 Å². The van der Waals surface area contributed by atoms with Crippen molar-refractivity contribution in [2.24, 2.45) is 0 Å². The minimum atomic E-state index is -3.82. The molecule has 2 fully saturated rings. The first-order chi connectivity index (χ1) is 14.3. The lowest BCUT2D eigenvalue weighted by Crippen LogP contribution is -2.38. The van der Waals surface area contributed by atoms with E-state index in [0.717, 1.165) is 31.7 Å². The lowest BCUT2D eigenvalue weighted by Gasteiger charge is -2.24. The number of carbonyl (C=O) groups is 1. The van der Waals surface area contributed by atoms with Gasteiger partial charge in [0.1, 0.15) is 5.82 Å². The average Bonchev–Trinajstić information content (AvgIpc) is 3.46. The summed E-state index contributed by atoms with van der Waals surface area (Å²) in [5.41, 5.74) is 0.632. The van der Waals surface area contributed by atoms with Crippen LogP contribution in [-0.2, 0) is 16.6 Å². The summed E-state index contributed by atoms with van der Waals surface area (Å²) in [7, 11) is -3.82. The average molecular weight is 436 g/mol. The quantitative estimate of drug-likeness (QED) is 0.751. The maximum Gasteiger partial charge on any atom is 0.273 e. The first kappa shape index (κ1) is 20.9. The molecule has 1 N–H and O–H groups in total. The normalized spacial score (nSPS) is 20.7. The molecule has 0 radical (unpaired) electrons. The predicted octanol–water partition coefficient (Wildman–Crippen LogP) is 2.25. The molecule has 2 aromatic rings. The number of halogens is 1. The van der Waals surface area contributed by atoms with Crippen molar-refractivity contribution >= 4 is 15.9 Å². The highest BCUT2D eigenvalue weighted by molar-refractivity contribution is 7.89.